The zero-order chi connectivity index (χ0) is 28.8. The predicted octanol–water partition coefficient (Wildman–Crippen LogP) is 11.1. The number of anilines is 3. The second-order valence-corrected chi connectivity index (χ2v) is 12.1. The average molecular weight is 558 g/mol. The van der Waals surface area contributed by atoms with Gasteiger partial charge in [-0.05, 0) is 103 Å². The van der Waals surface area contributed by atoms with Gasteiger partial charge in [0.1, 0.15) is 0 Å². The number of hydrogen-bond acceptors (Lipinski definition) is 1. The van der Waals surface area contributed by atoms with E-state index in [1.54, 1.807) is 0 Å². The molecular formula is C43H27N. The van der Waals surface area contributed by atoms with E-state index in [4.69, 9.17) is 0 Å². The van der Waals surface area contributed by atoms with Crippen molar-refractivity contribution in [3.8, 4) is 44.5 Å². The standard InChI is InChI=1S/C43H27N/c1-3-12-28(13-4-1)29-14-9-17-31(26-29)44(30-15-5-2-6-16-30)32-24-25-34-36-20-11-22-38-37-21-10-19-35-33-18-7-8-23-39(33)43(41(35)37,42(36)38)40(34)27-32/h1-27H. The van der Waals surface area contributed by atoms with E-state index < -0.39 is 0 Å². The zero-order valence-corrected chi connectivity index (χ0v) is 24.0. The van der Waals surface area contributed by atoms with E-state index in [0.717, 1.165) is 11.4 Å². The Bertz CT molecular complexity index is 2240. The molecule has 3 aliphatic rings. The second-order valence-electron chi connectivity index (χ2n) is 12.1. The molecule has 7 aromatic carbocycles. The first kappa shape index (κ1) is 23.9. The van der Waals surface area contributed by atoms with Crippen LogP contribution in [0.25, 0.3) is 44.5 Å². The first-order valence-electron chi connectivity index (χ1n) is 15.4. The number of benzene rings is 7. The van der Waals surface area contributed by atoms with Crippen LogP contribution in [0.1, 0.15) is 22.3 Å². The van der Waals surface area contributed by atoms with Crippen LogP contribution in [0.2, 0.25) is 0 Å². The molecule has 1 unspecified atom stereocenters. The fraction of sp³-hybridized carbons (Fsp3) is 0.0233. The van der Waals surface area contributed by atoms with Crippen molar-refractivity contribution in [2.24, 2.45) is 0 Å². The third-order valence-corrected chi connectivity index (χ3v) is 9.97. The zero-order valence-electron chi connectivity index (χ0n) is 24.0. The molecule has 204 valence electrons. The summed E-state index contributed by atoms with van der Waals surface area (Å²) in [7, 11) is 0. The second kappa shape index (κ2) is 8.69. The van der Waals surface area contributed by atoms with Gasteiger partial charge in [0, 0.05) is 17.1 Å². The largest absolute Gasteiger partial charge is 0.310 e. The molecule has 0 radical (unpaired) electrons. The van der Waals surface area contributed by atoms with Crippen molar-refractivity contribution in [3.63, 3.8) is 0 Å². The molecule has 0 aliphatic heterocycles. The maximum Gasteiger partial charge on any atom is 0.0738 e. The van der Waals surface area contributed by atoms with E-state index in [2.05, 4.69) is 169 Å². The van der Waals surface area contributed by atoms with Crippen LogP contribution in [0.4, 0.5) is 17.1 Å². The molecule has 1 nitrogen and oxygen atoms in total. The molecule has 0 fully saturated rings. The van der Waals surface area contributed by atoms with E-state index in [1.165, 1.54) is 72.4 Å². The topological polar surface area (TPSA) is 3.24 Å². The quantitative estimate of drug-likeness (QED) is 0.208. The maximum absolute atomic E-state index is 2.48. The highest BCUT2D eigenvalue weighted by molar-refractivity contribution is 6.06. The highest BCUT2D eigenvalue weighted by Crippen LogP contribution is 2.70. The van der Waals surface area contributed by atoms with Crippen molar-refractivity contribution in [2.45, 2.75) is 5.41 Å². The van der Waals surface area contributed by atoms with Crippen molar-refractivity contribution in [1.82, 2.24) is 0 Å². The summed E-state index contributed by atoms with van der Waals surface area (Å²) >= 11 is 0. The summed E-state index contributed by atoms with van der Waals surface area (Å²) in [5.74, 6) is 0. The molecule has 0 N–H and O–H groups in total. The van der Waals surface area contributed by atoms with Crippen LogP contribution in [0.5, 0.6) is 0 Å². The monoisotopic (exact) mass is 557 g/mol. The minimum absolute atomic E-state index is 0.298. The molecule has 0 saturated heterocycles. The minimum atomic E-state index is -0.298. The Morgan fingerprint density at radius 1 is 0.318 bits per heavy atom. The van der Waals surface area contributed by atoms with Gasteiger partial charge in [0.15, 0.2) is 0 Å². The van der Waals surface area contributed by atoms with E-state index in [0.29, 0.717) is 0 Å². The van der Waals surface area contributed by atoms with Crippen LogP contribution in [0.3, 0.4) is 0 Å². The summed E-state index contributed by atoms with van der Waals surface area (Å²) in [6.07, 6.45) is 0. The van der Waals surface area contributed by atoms with Crippen molar-refractivity contribution in [3.05, 3.63) is 186 Å². The summed E-state index contributed by atoms with van der Waals surface area (Å²) in [5.41, 5.74) is 19.5. The van der Waals surface area contributed by atoms with E-state index in [1.807, 2.05) is 0 Å². The normalized spacial score (nSPS) is 15.8. The lowest BCUT2D eigenvalue weighted by molar-refractivity contribution is 0.818. The van der Waals surface area contributed by atoms with Gasteiger partial charge in [-0.25, -0.2) is 0 Å². The SMILES string of the molecule is c1ccc(-c2cccc(N(c3ccccc3)c3ccc4c(c3)C35c6ccccc6-c6cccc(c63)-c3cccc-4c35)c2)cc1. The average Bonchev–Trinajstić information content (AvgIpc) is 3.69. The van der Waals surface area contributed by atoms with E-state index in [9.17, 15) is 0 Å². The first-order chi connectivity index (χ1) is 21.8. The number of fused-ring (bicyclic) bond motifs is 5. The number of nitrogens with zero attached hydrogens (tertiary/aromatic N) is 1. The number of rotatable bonds is 4. The molecule has 0 heterocycles. The molecule has 7 aromatic rings. The molecule has 0 aromatic heterocycles. The van der Waals surface area contributed by atoms with Crippen molar-refractivity contribution < 1.29 is 0 Å². The fourth-order valence-electron chi connectivity index (χ4n) is 8.36. The van der Waals surface area contributed by atoms with Crippen molar-refractivity contribution >= 4 is 17.1 Å². The number of hydrogen-bond donors (Lipinski definition) is 0. The van der Waals surface area contributed by atoms with Gasteiger partial charge in [0.05, 0.1) is 5.41 Å². The molecule has 3 aliphatic carbocycles. The van der Waals surface area contributed by atoms with Gasteiger partial charge in [-0.15, -0.1) is 0 Å². The van der Waals surface area contributed by atoms with Crippen LogP contribution in [-0.2, 0) is 5.41 Å². The Balaban J connectivity index is 1.25. The van der Waals surface area contributed by atoms with Crippen molar-refractivity contribution in [1.29, 1.82) is 0 Å². The van der Waals surface area contributed by atoms with E-state index in [-0.39, 0.29) is 5.41 Å². The summed E-state index contributed by atoms with van der Waals surface area (Å²) < 4.78 is 0. The molecule has 1 spiro atoms. The Morgan fingerprint density at radius 2 is 0.818 bits per heavy atom. The van der Waals surface area contributed by atoms with Crippen LogP contribution in [0, 0.1) is 0 Å². The summed E-state index contributed by atoms with van der Waals surface area (Å²) in [6.45, 7) is 0. The van der Waals surface area contributed by atoms with Gasteiger partial charge in [0.2, 0.25) is 0 Å². The number of para-hydroxylation sites is 1. The Morgan fingerprint density at radius 3 is 1.55 bits per heavy atom. The Kier molecular flexibility index (Phi) is 4.71. The molecule has 44 heavy (non-hydrogen) atoms. The van der Waals surface area contributed by atoms with Gasteiger partial charge in [-0.1, -0.05) is 127 Å². The molecule has 1 atom stereocenters. The molecule has 0 bridgehead atoms. The first-order valence-corrected chi connectivity index (χ1v) is 15.4. The van der Waals surface area contributed by atoms with Gasteiger partial charge >= 0.3 is 0 Å². The lowest BCUT2D eigenvalue weighted by atomic mass is 9.73. The van der Waals surface area contributed by atoms with E-state index >= 15 is 0 Å². The smallest absolute Gasteiger partial charge is 0.0738 e. The Labute approximate surface area is 257 Å². The maximum atomic E-state index is 2.48. The highest BCUT2D eigenvalue weighted by Gasteiger charge is 2.57. The molecule has 1 heteroatoms. The third-order valence-electron chi connectivity index (χ3n) is 9.97. The Hall–Kier alpha value is -5.66. The fourth-order valence-corrected chi connectivity index (χ4v) is 8.36. The summed E-state index contributed by atoms with van der Waals surface area (Å²) in [5, 5.41) is 0. The van der Waals surface area contributed by atoms with Gasteiger partial charge in [-0.3, -0.25) is 0 Å². The van der Waals surface area contributed by atoms with Crippen LogP contribution < -0.4 is 4.90 Å². The lowest BCUT2D eigenvalue weighted by Crippen LogP contribution is -2.23. The third kappa shape index (κ3) is 2.94. The molecule has 0 saturated carbocycles. The van der Waals surface area contributed by atoms with Gasteiger partial charge in [0.25, 0.3) is 0 Å². The van der Waals surface area contributed by atoms with Gasteiger partial charge in [-0.2, -0.15) is 0 Å². The summed E-state index contributed by atoms with van der Waals surface area (Å²) in [6, 6.07) is 60.4. The highest BCUT2D eigenvalue weighted by atomic mass is 15.1. The van der Waals surface area contributed by atoms with Crippen molar-refractivity contribution in [2.75, 3.05) is 4.90 Å². The van der Waals surface area contributed by atoms with Crippen LogP contribution >= 0.6 is 0 Å². The van der Waals surface area contributed by atoms with Gasteiger partial charge < -0.3 is 4.90 Å². The molecular weight excluding hydrogens is 530 g/mol. The minimum Gasteiger partial charge on any atom is -0.310 e. The molecule has 0 amide bonds. The van der Waals surface area contributed by atoms with Crippen LogP contribution in [0.15, 0.2) is 164 Å². The lowest BCUT2D eigenvalue weighted by Gasteiger charge is -2.30. The summed E-state index contributed by atoms with van der Waals surface area (Å²) in [4.78, 5) is 2.41. The molecule has 10 rings (SSSR count). The van der Waals surface area contributed by atoms with Crippen LogP contribution in [-0.4, -0.2) is 0 Å². The predicted molar refractivity (Wildman–Crippen MR) is 182 cm³/mol.